The van der Waals surface area contributed by atoms with Crippen LogP contribution in [0.25, 0.3) is 0 Å². The number of carbonyl (C=O) groups excluding carboxylic acids is 3. The van der Waals surface area contributed by atoms with Gasteiger partial charge >= 0.3 is 11.9 Å². The van der Waals surface area contributed by atoms with Crippen LogP contribution in [0.1, 0.15) is 112 Å². The first-order valence-electron chi connectivity index (χ1n) is 18.2. The Morgan fingerprint density at radius 2 is 1.77 bits per heavy atom. The maximum absolute atomic E-state index is 11.6. The van der Waals surface area contributed by atoms with Crippen LogP contribution >= 0.6 is 0 Å². The van der Waals surface area contributed by atoms with Gasteiger partial charge in [-0.3, -0.25) is 14.4 Å². The van der Waals surface area contributed by atoms with E-state index < -0.39 is 30.4 Å². The molecule has 0 aromatic carbocycles. The second kappa shape index (κ2) is 15.0. The molecular formula is C39H59NO7. The average molecular weight is 654 g/mol. The highest BCUT2D eigenvalue weighted by molar-refractivity contribution is 5.72. The van der Waals surface area contributed by atoms with Crippen LogP contribution < -0.4 is 0 Å². The van der Waals surface area contributed by atoms with Crippen LogP contribution in [0.5, 0.6) is 0 Å². The van der Waals surface area contributed by atoms with Crippen molar-refractivity contribution in [3.8, 4) is 0 Å². The summed E-state index contributed by atoms with van der Waals surface area (Å²) in [5.41, 5.74) is 3.77. The van der Waals surface area contributed by atoms with Crippen LogP contribution in [-0.4, -0.2) is 67.5 Å². The number of ether oxygens (including phenoxy) is 4. The monoisotopic (exact) mass is 653 g/mol. The largest absolute Gasteiger partial charge is 0.463 e. The van der Waals surface area contributed by atoms with Gasteiger partial charge in [-0.15, -0.1) is 0 Å². The Morgan fingerprint density at radius 1 is 0.979 bits per heavy atom. The van der Waals surface area contributed by atoms with E-state index in [9.17, 15) is 14.4 Å². The minimum absolute atomic E-state index is 0.00470. The summed E-state index contributed by atoms with van der Waals surface area (Å²) in [5, 5.41) is 0. The number of carbonyl (C=O) groups is 3. The Hall–Kier alpha value is -2.45. The van der Waals surface area contributed by atoms with Crippen molar-refractivity contribution in [2.45, 2.75) is 137 Å². The van der Waals surface area contributed by atoms with E-state index in [4.69, 9.17) is 18.9 Å². The molecule has 0 saturated heterocycles. The Kier molecular flexibility index (Phi) is 11.4. The standard InChI is InChI=1S/C39H59NO7/c1-25(11-9-8-10-22-40(7)26(2)41)32-14-15-33-31-13-12-29-23-30(18-20-38(29,5)34(31)19-21-39(32,33)6)46-37-17-16-35(45-28(4)43)36(47-37)24-44-27(3)42/h11-12,16-17,30-37H,8-10,13-15,18-24H2,1-7H3/b25-11+/t30-,31-,32+,33-,34-,35-,36+,37?,38-,39+/m0/s1. The molecule has 4 aliphatic carbocycles. The third-order valence-corrected chi connectivity index (χ3v) is 12.8. The minimum Gasteiger partial charge on any atom is -0.463 e. The van der Waals surface area contributed by atoms with Crippen molar-refractivity contribution < 1.29 is 33.3 Å². The normalized spacial score (nSPS) is 38.0. The molecule has 0 N–H and O–H groups in total. The quantitative estimate of drug-likeness (QED) is 0.131. The maximum atomic E-state index is 11.6. The number of unbranched alkanes of at least 4 members (excludes halogenated alkanes) is 2. The first-order valence-corrected chi connectivity index (χ1v) is 18.2. The molecule has 0 aromatic rings. The lowest BCUT2D eigenvalue weighted by Gasteiger charge is -2.58. The molecule has 1 aliphatic heterocycles. The smallest absolute Gasteiger partial charge is 0.303 e. The Morgan fingerprint density at radius 3 is 2.49 bits per heavy atom. The highest BCUT2D eigenvalue weighted by Gasteiger charge is 2.58. The highest BCUT2D eigenvalue weighted by Crippen LogP contribution is 2.67. The van der Waals surface area contributed by atoms with Crippen LogP contribution in [0, 0.1) is 34.5 Å². The Bertz CT molecular complexity index is 1260. The Labute approximate surface area is 282 Å². The summed E-state index contributed by atoms with van der Waals surface area (Å²) >= 11 is 0. The summed E-state index contributed by atoms with van der Waals surface area (Å²) in [6.45, 7) is 12.7. The van der Waals surface area contributed by atoms with Crippen LogP contribution in [0.15, 0.2) is 35.5 Å². The molecule has 0 spiro atoms. The van der Waals surface area contributed by atoms with E-state index in [2.05, 4.69) is 32.9 Å². The fourth-order valence-electron chi connectivity index (χ4n) is 10.1. The van der Waals surface area contributed by atoms with Gasteiger partial charge in [0.2, 0.25) is 5.91 Å². The summed E-state index contributed by atoms with van der Waals surface area (Å²) in [4.78, 5) is 36.4. The lowest BCUT2D eigenvalue weighted by molar-refractivity contribution is -0.213. The topological polar surface area (TPSA) is 91.4 Å². The van der Waals surface area contributed by atoms with Gasteiger partial charge in [0.05, 0.1) is 6.10 Å². The molecule has 5 aliphatic rings. The molecule has 1 amide bonds. The summed E-state index contributed by atoms with van der Waals surface area (Å²) in [5.74, 6) is 2.28. The van der Waals surface area contributed by atoms with Crippen LogP contribution in [0.2, 0.25) is 0 Å². The van der Waals surface area contributed by atoms with Gasteiger partial charge in [-0.2, -0.15) is 0 Å². The van der Waals surface area contributed by atoms with Crippen LogP contribution in [0.3, 0.4) is 0 Å². The second-order valence-electron chi connectivity index (χ2n) is 15.6. The average Bonchev–Trinajstić information content (AvgIpc) is 3.37. The fourth-order valence-corrected chi connectivity index (χ4v) is 10.1. The first kappa shape index (κ1) is 35.8. The van der Waals surface area contributed by atoms with Crippen LogP contribution in [0.4, 0.5) is 0 Å². The molecule has 0 radical (unpaired) electrons. The van der Waals surface area contributed by atoms with Crippen molar-refractivity contribution in [2.75, 3.05) is 20.2 Å². The zero-order chi connectivity index (χ0) is 33.9. The number of hydrogen-bond acceptors (Lipinski definition) is 7. The van der Waals surface area contributed by atoms with Gasteiger partial charge in [-0.1, -0.05) is 37.1 Å². The fraction of sp³-hybridized carbons (Fsp3) is 0.769. The molecule has 8 nitrogen and oxygen atoms in total. The zero-order valence-electron chi connectivity index (χ0n) is 29.9. The summed E-state index contributed by atoms with van der Waals surface area (Å²) in [6.07, 6.45) is 19.8. The third kappa shape index (κ3) is 7.90. The van der Waals surface area contributed by atoms with Gasteiger partial charge in [0.15, 0.2) is 6.29 Å². The molecule has 10 atom stereocenters. The van der Waals surface area contributed by atoms with Crippen molar-refractivity contribution in [1.82, 2.24) is 4.90 Å². The lowest BCUT2D eigenvalue weighted by Crippen LogP contribution is -2.51. The van der Waals surface area contributed by atoms with Crippen molar-refractivity contribution >= 4 is 17.8 Å². The van der Waals surface area contributed by atoms with Crippen molar-refractivity contribution in [1.29, 1.82) is 0 Å². The van der Waals surface area contributed by atoms with E-state index in [0.29, 0.717) is 11.3 Å². The number of nitrogens with zero attached hydrogens (tertiary/aromatic N) is 1. The Balaban J connectivity index is 1.18. The van der Waals surface area contributed by atoms with Gasteiger partial charge in [0.1, 0.15) is 18.8 Å². The summed E-state index contributed by atoms with van der Waals surface area (Å²) in [6, 6.07) is 0. The number of rotatable bonds is 11. The van der Waals surface area contributed by atoms with E-state index in [-0.39, 0.29) is 24.0 Å². The lowest BCUT2D eigenvalue weighted by atomic mass is 9.47. The first-order chi connectivity index (χ1) is 22.3. The van der Waals surface area contributed by atoms with Gasteiger partial charge in [-0.25, -0.2) is 0 Å². The maximum Gasteiger partial charge on any atom is 0.303 e. The van der Waals surface area contributed by atoms with Crippen molar-refractivity contribution in [2.24, 2.45) is 34.5 Å². The molecule has 262 valence electrons. The molecule has 1 unspecified atom stereocenters. The van der Waals surface area contributed by atoms with Gasteiger partial charge in [0.25, 0.3) is 0 Å². The SMILES string of the molecule is CC(=O)OC[C@H]1OC(O[C@H]2CC[C@@]3(C)C(=CC[C@H]4[C@@H]5CC[C@H](/C(C)=C/CCCCN(C)C(C)=O)[C@@]5(C)CC[C@@H]43)C2)C=C[C@@H]1OC(C)=O. The molecule has 0 aromatic heterocycles. The van der Waals surface area contributed by atoms with Gasteiger partial charge in [-0.05, 0) is 124 Å². The van der Waals surface area contributed by atoms with E-state index >= 15 is 0 Å². The number of amides is 1. The number of hydrogen-bond donors (Lipinski definition) is 0. The number of allylic oxidation sites excluding steroid dienone is 3. The summed E-state index contributed by atoms with van der Waals surface area (Å²) < 4.78 is 23.2. The van der Waals surface area contributed by atoms with Crippen molar-refractivity contribution in [3.63, 3.8) is 0 Å². The predicted molar refractivity (Wildman–Crippen MR) is 181 cm³/mol. The van der Waals surface area contributed by atoms with E-state index in [1.807, 2.05) is 18.0 Å². The molecule has 5 rings (SSSR count). The van der Waals surface area contributed by atoms with Crippen LogP contribution in [-0.2, 0) is 33.3 Å². The second-order valence-corrected chi connectivity index (χ2v) is 15.6. The molecule has 47 heavy (non-hydrogen) atoms. The molecule has 8 heteroatoms. The predicted octanol–water partition coefficient (Wildman–Crippen LogP) is 7.32. The molecule has 1 heterocycles. The van der Waals surface area contributed by atoms with Crippen molar-refractivity contribution in [3.05, 3.63) is 35.5 Å². The third-order valence-electron chi connectivity index (χ3n) is 12.8. The van der Waals surface area contributed by atoms with E-state index in [1.165, 1.54) is 46.0 Å². The number of esters is 2. The minimum atomic E-state index is -0.614. The summed E-state index contributed by atoms with van der Waals surface area (Å²) in [7, 11) is 1.89. The zero-order valence-corrected chi connectivity index (χ0v) is 29.9. The molecule has 3 fully saturated rings. The van der Waals surface area contributed by atoms with Gasteiger partial charge < -0.3 is 23.8 Å². The van der Waals surface area contributed by atoms with E-state index in [1.54, 1.807) is 24.1 Å². The molecule has 3 saturated carbocycles. The van der Waals surface area contributed by atoms with Gasteiger partial charge in [0, 0.05) is 34.4 Å². The number of fused-ring (bicyclic) bond motifs is 5. The van der Waals surface area contributed by atoms with E-state index in [0.717, 1.165) is 62.8 Å². The highest BCUT2D eigenvalue weighted by atomic mass is 16.7. The molecular weight excluding hydrogens is 594 g/mol. The molecule has 0 bridgehead atoms.